The van der Waals surface area contributed by atoms with E-state index >= 15 is 0 Å². The summed E-state index contributed by atoms with van der Waals surface area (Å²) in [7, 11) is 0. The van der Waals surface area contributed by atoms with E-state index in [1.165, 1.54) is 18.2 Å². The van der Waals surface area contributed by atoms with Gasteiger partial charge in [0.05, 0.1) is 12.0 Å². The molecule has 0 spiro atoms. The second kappa shape index (κ2) is 15.9. The quantitative estimate of drug-likeness (QED) is 0.304. The van der Waals surface area contributed by atoms with Crippen molar-refractivity contribution >= 4 is 23.7 Å². The number of nitrogens with one attached hydrogen (secondary N) is 2. The van der Waals surface area contributed by atoms with Gasteiger partial charge in [-0.1, -0.05) is 30.3 Å². The van der Waals surface area contributed by atoms with Gasteiger partial charge < -0.3 is 26.4 Å². The van der Waals surface area contributed by atoms with Crippen LogP contribution in [-0.2, 0) is 25.6 Å². The number of carbonyl (C=O) groups excluding carboxylic acids is 3. The van der Waals surface area contributed by atoms with Crippen LogP contribution in [0.1, 0.15) is 43.7 Å². The maximum Gasteiger partial charge on any atom is 0.490 e. The highest BCUT2D eigenvalue weighted by atomic mass is 19.4. The molecule has 0 aromatic heterocycles. The van der Waals surface area contributed by atoms with Gasteiger partial charge in [-0.3, -0.25) is 19.3 Å². The Hall–Kier alpha value is -4.11. The number of carboxylic acid groups (broad SMARTS) is 1. The normalized spacial score (nSPS) is 20.5. The highest BCUT2D eigenvalue weighted by Gasteiger charge is 2.39. The van der Waals surface area contributed by atoms with Crippen LogP contribution in [0.4, 0.5) is 22.0 Å². The maximum atomic E-state index is 14.5. The molecule has 5 atom stereocenters. The minimum atomic E-state index is -5.08. The molecular formula is C31H38F5N5O5. The van der Waals surface area contributed by atoms with E-state index in [-0.39, 0.29) is 47.7 Å². The Morgan fingerprint density at radius 2 is 1.70 bits per heavy atom. The number of carbonyl (C=O) groups is 4. The summed E-state index contributed by atoms with van der Waals surface area (Å²) >= 11 is 0. The lowest BCUT2D eigenvalue weighted by molar-refractivity contribution is -0.192. The molecule has 5 N–H and O–H groups in total. The number of primary amides is 1. The number of nitrogens with zero attached hydrogens (tertiary/aromatic N) is 2. The lowest BCUT2D eigenvalue weighted by Gasteiger charge is -2.45. The average molecular weight is 656 g/mol. The zero-order chi connectivity index (χ0) is 34.2. The van der Waals surface area contributed by atoms with Gasteiger partial charge in [-0.05, 0) is 57.0 Å². The molecule has 15 heteroatoms. The largest absolute Gasteiger partial charge is 0.490 e. The first-order valence-corrected chi connectivity index (χ1v) is 14.8. The van der Waals surface area contributed by atoms with Crippen molar-refractivity contribution in [2.75, 3.05) is 26.2 Å². The van der Waals surface area contributed by atoms with Crippen molar-refractivity contribution in [1.29, 1.82) is 0 Å². The van der Waals surface area contributed by atoms with Crippen molar-refractivity contribution in [3.63, 3.8) is 0 Å². The zero-order valence-corrected chi connectivity index (χ0v) is 25.4. The lowest BCUT2D eigenvalue weighted by atomic mass is 9.89. The number of amides is 3. The molecule has 5 unspecified atom stereocenters. The van der Waals surface area contributed by atoms with Crippen LogP contribution < -0.4 is 16.4 Å². The van der Waals surface area contributed by atoms with E-state index in [9.17, 15) is 36.3 Å². The predicted molar refractivity (Wildman–Crippen MR) is 157 cm³/mol. The van der Waals surface area contributed by atoms with Crippen molar-refractivity contribution in [1.82, 2.24) is 20.4 Å². The molecule has 2 fully saturated rings. The molecule has 0 bridgehead atoms. The molecule has 2 aliphatic rings. The van der Waals surface area contributed by atoms with E-state index < -0.39 is 35.8 Å². The molecule has 2 saturated heterocycles. The number of alkyl halides is 3. The molecular weight excluding hydrogens is 617 g/mol. The van der Waals surface area contributed by atoms with Crippen LogP contribution in [0.25, 0.3) is 0 Å². The lowest BCUT2D eigenvalue weighted by Crippen LogP contribution is -2.61. The van der Waals surface area contributed by atoms with Crippen molar-refractivity contribution in [2.45, 2.75) is 69.4 Å². The van der Waals surface area contributed by atoms with Crippen LogP contribution in [0.5, 0.6) is 0 Å². The summed E-state index contributed by atoms with van der Waals surface area (Å²) in [5.74, 6) is -5.50. The van der Waals surface area contributed by atoms with Crippen molar-refractivity contribution < 1.29 is 46.2 Å². The highest BCUT2D eigenvalue weighted by molar-refractivity contribution is 5.90. The van der Waals surface area contributed by atoms with Gasteiger partial charge in [0.15, 0.2) is 0 Å². The number of hydrogen-bond acceptors (Lipinski definition) is 6. The number of carboxylic acids is 1. The van der Waals surface area contributed by atoms with E-state index in [2.05, 4.69) is 10.6 Å². The molecule has 252 valence electrons. The van der Waals surface area contributed by atoms with Gasteiger partial charge >= 0.3 is 12.1 Å². The number of piperazine rings is 1. The number of halogens is 5. The maximum absolute atomic E-state index is 14.5. The summed E-state index contributed by atoms with van der Waals surface area (Å²) < 4.78 is 59.7. The first-order chi connectivity index (χ1) is 21.6. The third-order valence-corrected chi connectivity index (χ3v) is 8.13. The first kappa shape index (κ1) is 36.4. The van der Waals surface area contributed by atoms with E-state index in [0.29, 0.717) is 26.1 Å². The van der Waals surface area contributed by atoms with Crippen molar-refractivity contribution in [3.05, 3.63) is 71.3 Å². The molecule has 0 radical (unpaired) electrons. The summed E-state index contributed by atoms with van der Waals surface area (Å²) in [6, 6.07) is 10.3. The molecule has 4 rings (SSSR count). The van der Waals surface area contributed by atoms with Crippen LogP contribution in [0, 0.1) is 11.6 Å². The molecule has 10 nitrogen and oxygen atoms in total. The fraction of sp³-hybridized carbons (Fsp3) is 0.484. The van der Waals surface area contributed by atoms with Gasteiger partial charge in [-0.2, -0.15) is 13.2 Å². The van der Waals surface area contributed by atoms with E-state index in [1.54, 1.807) is 35.2 Å². The summed E-state index contributed by atoms with van der Waals surface area (Å²) in [4.78, 5) is 51.8. The predicted octanol–water partition coefficient (Wildman–Crippen LogP) is 2.57. The van der Waals surface area contributed by atoms with Gasteiger partial charge in [-0.15, -0.1) is 0 Å². The fourth-order valence-electron chi connectivity index (χ4n) is 5.71. The Morgan fingerprint density at radius 1 is 1.07 bits per heavy atom. The van der Waals surface area contributed by atoms with Gasteiger partial charge in [0, 0.05) is 43.7 Å². The van der Waals surface area contributed by atoms with Crippen LogP contribution >= 0.6 is 0 Å². The Bertz CT molecular complexity index is 1370. The number of rotatable bonds is 9. The molecule has 2 aliphatic heterocycles. The minimum Gasteiger partial charge on any atom is -0.475 e. The summed E-state index contributed by atoms with van der Waals surface area (Å²) in [5.41, 5.74) is 6.71. The topological polar surface area (TPSA) is 145 Å². The molecule has 3 amide bonds. The smallest absolute Gasteiger partial charge is 0.475 e. The Morgan fingerprint density at radius 3 is 2.22 bits per heavy atom. The molecule has 46 heavy (non-hydrogen) atoms. The summed E-state index contributed by atoms with van der Waals surface area (Å²) in [5, 5.41) is 13.2. The second-order valence-corrected chi connectivity index (χ2v) is 11.4. The third kappa shape index (κ3) is 9.69. The minimum absolute atomic E-state index is 0.217. The molecule has 0 saturated carbocycles. The standard InChI is InChI=1S/C29H37F2N5O3.C2HF3O2/c1-18-17-35(19(2)26(27(32)37)22-6-3-4-7-23(22)31)14-15-36(18)29(39)25(16-20-9-11-21(30)12-10-20)34-28(38)24-8-5-13-33-24;3-2(4,5)1(6)7/h3-4,6-7,9-12,18-19,24-26,33H,5,8,13-17H2,1-2H3,(H2,32,37)(H,34,38);(H,6,7). The van der Waals surface area contributed by atoms with Gasteiger partial charge in [-0.25, -0.2) is 13.6 Å². The Kier molecular flexibility index (Phi) is 12.6. The highest BCUT2D eigenvalue weighted by Crippen LogP contribution is 2.28. The molecule has 2 aromatic rings. The van der Waals surface area contributed by atoms with E-state index in [0.717, 1.165) is 18.5 Å². The van der Waals surface area contributed by atoms with E-state index in [4.69, 9.17) is 15.6 Å². The van der Waals surface area contributed by atoms with Crippen LogP contribution in [0.2, 0.25) is 0 Å². The SMILES string of the molecule is CC(C(C(N)=O)c1ccccc1F)N1CCN(C(=O)C(Cc2ccc(F)cc2)NC(=O)C2CCCN2)C(C)C1.O=C(O)C(F)(F)F. The summed E-state index contributed by atoms with van der Waals surface area (Å²) in [6.45, 7) is 5.78. The zero-order valence-electron chi connectivity index (χ0n) is 25.4. The third-order valence-electron chi connectivity index (χ3n) is 8.13. The van der Waals surface area contributed by atoms with Crippen LogP contribution in [-0.4, -0.2) is 95.1 Å². The Labute approximate surface area is 263 Å². The average Bonchev–Trinajstić information content (AvgIpc) is 3.54. The van der Waals surface area contributed by atoms with Crippen LogP contribution in [0.15, 0.2) is 48.5 Å². The summed E-state index contributed by atoms with van der Waals surface area (Å²) in [6.07, 6.45) is -3.25. The number of aliphatic carboxylic acids is 1. The second-order valence-electron chi connectivity index (χ2n) is 11.4. The van der Waals surface area contributed by atoms with Crippen molar-refractivity contribution in [3.8, 4) is 0 Å². The molecule has 2 aromatic carbocycles. The molecule has 2 heterocycles. The van der Waals surface area contributed by atoms with Gasteiger partial charge in [0.2, 0.25) is 17.7 Å². The van der Waals surface area contributed by atoms with Gasteiger partial charge in [0.25, 0.3) is 0 Å². The van der Waals surface area contributed by atoms with E-state index in [1.807, 2.05) is 18.7 Å². The molecule has 0 aliphatic carbocycles. The van der Waals surface area contributed by atoms with Gasteiger partial charge in [0.1, 0.15) is 17.7 Å². The number of benzene rings is 2. The number of nitrogens with two attached hydrogens (primary N) is 1. The van der Waals surface area contributed by atoms with Crippen LogP contribution in [0.3, 0.4) is 0 Å². The Balaban J connectivity index is 0.000000738. The monoisotopic (exact) mass is 655 g/mol. The fourth-order valence-corrected chi connectivity index (χ4v) is 5.71. The first-order valence-electron chi connectivity index (χ1n) is 14.8. The van der Waals surface area contributed by atoms with Crippen molar-refractivity contribution in [2.24, 2.45) is 5.73 Å². The number of hydrogen-bond donors (Lipinski definition) is 4.